The zero-order valence-electron chi connectivity index (χ0n) is 15.3. The van der Waals surface area contributed by atoms with E-state index in [-0.39, 0.29) is 24.3 Å². The summed E-state index contributed by atoms with van der Waals surface area (Å²) in [6, 6.07) is 3.97. The van der Waals surface area contributed by atoms with Gasteiger partial charge in [0.15, 0.2) is 5.67 Å². The Morgan fingerprint density at radius 3 is 2.19 bits per heavy atom. The summed E-state index contributed by atoms with van der Waals surface area (Å²) in [4.78, 5) is -0.753. The van der Waals surface area contributed by atoms with E-state index in [0.717, 1.165) is 43.5 Å². The van der Waals surface area contributed by atoms with Crippen LogP contribution >= 0.6 is 11.2 Å². The van der Waals surface area contributed by atoms with Gasteiger partial charge in [0.1, 0.15) is 6.17 Å². The molecule has 1 saturated carbocycles. The van der Waals surface area contributed by atoms with Gasteiger partial charge in [-0.3, -0.25) is 0 Å². The van der Waals surface area contributed by atoms with E-state index in [2.05, 4.69) is 6.92 Å². The number of alkyl halides is 2. The number of rotatable bonds is 9. The van der Waals surface area contributed by atoms with Crippen LogP contribution in [0.3, 0.4) is 0 Å². The number of halogens is 5. The second kappa shape index (κ2) is 9.43. The minimum atomic E-state index is -5.33. The van der Waals surface area contributed by atoms with Crippen molar-refractivity contribution in [3.8, 4) is 0 Å². The molecule has 3 unspecified atom stereocenters. The SMILES string of the molecule is CCCCCCCCC1CCC(F)(c2ccc(S(F)(F)F)cc2)C(F)C1. The zero-order chi connectivity index (χ0) is 19.2. The standard InChI is InChI=1S/C20H29F5S/c1-2-3-4-5-6-7-8-16-13-14-20(22,19(21)15-16)17-9-11-18(12-10-17)26(23,24)25/h9-12,16,19H,2-8,13-15H2,1H3. The van der Waals surface area contributed by atoms with Crippen LogP contribution in [-0.4, -0.2) is 6.17 Å². The van der Waals surface area contributed by atoms with Crippen molar-refractivity contribution in [1.82, 2.24) is 0 Å². The molecule has 1 aliphatic rings. The molecule has 0 heterocycles. The first-order valence-electron chi connectivity index (χ1n) is 9.63. The zero-order valence-corrected chi connectivity index (χ0v) is 16.1. The highest BCUT2D eigenvalue weighted by Crippen LogP contribution is 2.60. The molecule has 1 aliphatic carbocycles. The summed E-state index contributed by atoms with van der Waals surface area (Å²) >= 11 is -5.33. The van der Waals surface area contributed by atoms with Crippen LogP contribution in [0.5, 0.6) is 0 Å². The van der Waals surface area contributed by atoms with Crippen LogP contribution in [0.4, 0.5) is 20.4 Å². The van der Waals surface area contributed by atoms with Gasteiger partial charge in [0.25, 0.3) is 0 Å². The van der Waals surface area contributed by atoms with Gasteiger partial charge in [0.2, 0.25) is 11.2 Å². The monoisotopic (exact) mass is 396 g/mol. The molecule has 0 aliphatic heterocycles. The van der Waals surface area contributed by atoms with Crippen molar-refractivity contribution in [3.05, 3.63) is 29.8 Å². The molecular weight excluding hydrogens is 367 g/mol. The third-order valence-electron chi connectivity index (χ3n) is 5.52. The highest BCUT2D eigenvalue weighted by molar-refractivity contribution is 8.20. The van der Waals surface area contributed by atoms with E-state index < -0.39 is 27.9 Å². The van der Waals surface area contributed by atoms with Crippen molar-refractivity contribution in [2.45, 2.75) is 87.9 Å². The molecule has 0 aromatic heterocycles. The first-order chi connectivity index (χ1) is 12.3. The van der Waals surface area contributed by atoms with Crippen LogP contribution < -0.4 is 0 Å². The highest BCUT2D eigenvalue weighted by atomic mass is 32.3. The predicted molar refractivity (Wildman–Crippen MR) is 98.6 cm³/mol. The van der Waals surface area contributed by atoms with Crippen LogP contribution in [0.1, 0.15) is 76.7 Å². The Labute approximate surface area is 155 Å². The highest BCUT2D eigenvalue weighted by Gasteiger charge is 2.46. The predicted octanol–water partition coefficient (Wildman–Crippen LogP) is 8.56. The summed E-state index contributed by atoms with van der Waals surface area (Å²) in [7, 11) is 0. The maximum Gasteiger partial charge on any atom is 0.237 e. The fourth-order valence-electron chi connectivity index (χ4n) is 3.86. The van der Waals surface area contributed by atoms with E-state index in [1.54, 1.807) is 0 Å². The average molecular weight is 397 g/mol. The van der Waals surface area contributed by atoms with Crippen molar-refractivity contribution in [1.29, 1.82) is 0 Å². The Bertz CT molecular complexity index is 542. The Morgan fingerprint density at radius 2 is 1.62 bits per heavy atom. The first kappa shape index (κ1) is 21.5. The largest absolute Gasteiger partial charge is 0.244 e. The van der Waals surface area contributed by atoms with Crippen molar-refractivity contribution in [2.24, 2.45) is 5.92 Å². The molecule has 0 nitrogen and oxygen atoms in total. The normalized spacial score (nSPS) is 27.5. The molecule has 26 heavy (non-hydrogen) atoms. The molecule has 1 aromatic carbocycles. The number of unbranched alkanes of at least 4 members (excludes halogenated alkanes) is 5. The van der Waals surface area contributed by atoms with E-state index in [1.165, 1.54) is 25.7 Å². The third-order valence-corrected chi connectivity index (χ3v) is 6.33. The summed E-state index contributed by atoms with van der Waals surface area (Å²) in [5.41, 5.74) is -2.12. The van der Waals surface area contributed by atoms with E-state index in [4.69, 9.17) is 0 Å². The van der Waals surface area contributed by atoms with Gasteiger partial charge >= 0.3 is 0 Å². The molecular formula is C20H29F5S. The van der Waals surface area contributed by atoms with Crippen molar-refractivity contribution >= 4 is 11.2 Å². The van der Waals surface area contributed by atoms with Crippen LogP contribution in [0, 0.1) is 5.92 Å². The summed E-state index contributed by atoms with van der Waals surface area (Å²) in [5.74, 6) is 0.180. The van der Waals surface area contributed by atoms with Crippen molar-refractivity contribution < 1.29 is 20.4 Å². The van der Waals surface area contributed by atoms with Crippen LogP contribution in [0.25, 0.3) is 0 Å². The first-order valence-corrected chi connectivity index (χ1v) is 11.0. The lowest BCUT2D eigenvalue weighted by Gasteiger charge is -2.37. The van der Waals surface area contributed by atoms with Gasteiger partial charge in [-0.1, -0.05) is 64.0 Å². The fraction of sp³-hybridized carbons (Fsp3) is 0.700. The van der Waals surface area contributed by atoms with E-state index in [0.29, 0.717) is 6.42 Å². The average Bonchev–Trinajstić information content (AvgIpc) is 2.60. The van der Waals surface area contributed by atoms with Crippen molar-refractivity contribution in [3.63, 3.8) is 0 Å². The van der Waals surface area contributed by atoms with Crippen molar-refractivity contribution in [2.75, 3.05) is 0 Å². The smallest absolute Gasteiger partial charge is 0.237 e. The Morgan fingerprint density at radius 1 is 1.00 bits per heavy atom. The van der Waals surface area contributed by atoms with Crippen LogP contribution in [-0.2, 0) is 5.67 Å². The maximum absolute atomic E-state index is 15.2. The molecule has 0 N–H and O–H groups in total. The maximum atomic E-state index is 15.2. The molecule has 1 aromatic rings. The van der Waals surface area contributed by atoms with E-state index in [1.807, 2.05) is 0 Å². The third kappa shape index (κ3) is 5.61. The molecule has 3 atom stereocenters. The molecule has 2 rings (SSSR count). The molecule has 6 heteroatoms. The van der Waals surface area contributed by atoms with Gasteiger partial charge in [-0.2, -0.15) is 0 Å². The number of benzene rings is 1. The minimum absolute atomic E-state index is 0.0374. The quantitative estimate of drug-likeness (QED) is 0.290. The van der Waals surface area contributed by atoms with Gasteiger partial charge in [-0.25, -0.2) is 8.78 Å². The van der Waals surface area contributed by atoms with E-state index >= 15 is 4.39 Å². The second-order valence-corrected chi connectivity index (χ2v) is 8.74. The lowest BCUT2D eigenvalue weighted by Crippen LogP contribution is -2.38. The lowest BCUT2D eigenvalue weighted by molar-refractivity contribution is -0.0128. The fourth-order valence-corrected chi connectivity index (χ4v) is 4.30. The topological polar surface area (TPSA) is 0 Å². The molecule has 0 radical (unpaired) electrons. The summed E-state index contributed by atoms with van der Waals surface area (Å²) in [6.07, 6.45) is 7.13. The van der Waals surface area contributed by atoms with Crippen LogP contribution in [0.2, 0.25) is 0 Å². The van der Waals surface area contributed by atoms with Gasteiger partial charge in [0.05, 0.1) is 4.90 Å². The molecule has 0 amide bonds. The van der Waals surface area contributed by atoms with Gasteiger partial charge < -0.3 is 0 Å². The Balaban J connectivity index is 1.86. The minimum Gasteiger partial charge on any atom is -0.244 e. The second-order valence-electron chi connectivity index (χ2n) is 7.46. The molecule has 1 fully saturated rings. The van der Waals surface area contributed by atoms with E-state index in [9.17, 15) is 16.0 Å². The van der Waals surface area contributed by atoms with Gasteiger partial charge in [0, 0.05) is 0 Å². The molecule has 0 spiro atoms. The summed E-state index contributed by atoms with van der Waals surface area (Å²) < 4.78 is 67.9. The number of hydrogen-bond acceptors (Lipinski definition) is 0. The van der Waals surface area contributed by atoms with Gasteiger partial charge in [-0.05, 0) is 42.9 Å². The summed E-state index contributed by atoms with van der Waals surface area (Å²) in [6.45, 7) is 2.17. The molecule has 0 bridgehead atoms. The Kier molecular flexibility index (Phi) is 7.80. The van der Waals surface area contributed by atoms with Crippen LogP contribution in [0.15, 0.2) is 29.2 Å². The van der Waals surface area contributed by atoms with Gasteiger partial charge in [-0.15, -0.1) is 11.7 Å². The Hall–Kier alpha value is -0.780. The molecule has 0 saturated heterocycles. The summed E-state index contributed by atoms with van der Waals surface area (Å²) in [5, 5.41) is 0. The lowest BCUT2D eigenvalue weighted by atomic mass is 9.73. The molecule has 150 valence electrons. The number of hydrogen-bond donors (Lipinski definition) is 0.